The number of hydrogen-bond donors (Lipinski definition) is 1. The Morgan fingerprint density at radius 2 is 1.64 bits per heavy atom. The lowest BCUT2D eigenvalue weighted by Crippen LogP contribution is -2.29. The summed E-state index contributed by atoms with van der Waals surface area (Å²) in [5, 5.41) is 4.01. The molecule has 1 N–H and O–H groups in total. The van der Waals surface area contributed by atoms with Gasteiger partial charge in [0, 0.05) is 24.1 Å². The summed E-state index contributed by atoms with van der Waals surface area (Å²) in [5.41, 5.74) is 3.72. The van der Waals surface area contributed by atoms with Crippen LogP contribution in [0.3, 0.4) is 0 Å². The van der Waals surface area contributed by atoms with Crippen LogP contribution < -0.4 is 5.32 Å². The molecule has 0 spiro atoms. The lowest BCUT2D eigenvalue weighted by atomic mass is 9.96. The van der Waals surface area contributed by atoms with Crippen LogP contribution in [0.1, 0.15) is 45.9 Å². The van der Waals surface area contributed by atoms with Crippen molar-refractivity contribution < 1.29 is 13.2 Å². The highest BCUT2D eigenvalue weighted by Gasteiger charge is 2.42. The molecular formula is C28H25F3N4S. The van der Waals surface area contributed by atoms with Crippen LogP contribution in [0.2, 0.25) is 0 Å². The molecule has 1 aliphatic rings. The average molecular weight is 507 g/mol. The molecule has 4 nitrogen and oxygen atoms in total. The number of nitrogens with one attached hydrogen (secondary N) is 1. The summed E-state index contributed by atoms with van der Waals surface area (Å²) >= 11 is 5.77. The van der Waals surface area contributed by atoms with Crippen molar-refractivity contribution in [1.82, 2.24) is 19.8 Å². The second-order valence-corrected chi connectivity index (χ2v) is 9.30. The first-order chi connectivity index (χ1) is 17.3. The van der Waals surface area contributed by atoms with Gasteiger partial charge in [-0.05, 0) is 67.5 Å². The fourth-order valence-electron chi connectivity index (χ4n) is 5.06. The van der Waals surface area contributed by atoms with Crippen LogP contribution in [-0.2, 0) is 12.7 Å². The molecule has 2 atom stereocenters. The van der Waals surface area contributed by atoms with E-state index in [1.165, 1.54) is 12.1 Å². The second-order valence-electron chi connectivity index (χ2n) is 8.92. The van der Waals surface area contributed by atoms with E-state index >= 15 is 0 Å². The molecule has 5 rings (SSSR count). The fourth-order valence-corrected chi connectivity index (χ4v) is 5.37. The number of halogens is 3. The molecule has 0 amide bonds. The first kappa shape index (κ1) is 24.1. The van der Waals surface area contributed by atoms with E-state index in [0.29, 0.717) is 11.7 Å². The van der Waals surface area contributed by atoms with Crippen LogP contribution in [0.15, 0.2) is 85.1 Å². The molecule has 1 aliphatic heterocycles. The summed E-state index contributed by atoms with van der Waals surface area (Å²) in [5.74, 6) is 0. The van der Waals surface area contributed by atoms with Gasteiger partial charge in [0.25, 0.3) is 0 Å². The molecule has 184 valence electrons. The topological polar surface area (TPSA) is 33.1 Å². The number of hydrogen-bond acceptors (Lipinski definition) is 2. The number of thiocarbonyl (C=S) groups is 1. The lowest BCUT2D eigenvalue weighted by molar-refractivity contribution is -0.137. The van der Waals surface area contributed by atoms with Gasteiger partial charge in [-0.3, -0.25) is 4.98 Å². The van der Waals surface area contributed by atoms with E-state index in [1.54, 1.807) is 16.8 Å². The number of para-hydroxylation sites is 1. The number of aryl methyl sites for hydroxylation is 1. The van der Waals surface area contributed by atoms with E-state index in [-0.39, 0.29) is 17.8 Å². The molecule has 0 bridgehead atoms. The Bertz CT molecular complexity index is 1380. The summed E-state index contributed by atoms with van der Waals surface area (Å²) in [4.78, 5) is 6.67. The minimum atomic E-state index is -4.47. The molecule has 0 saturated carbocycles. The molecule has 0 aliphatic carbocycles. The summed E-state index contributed by atoms with van der Waals surface area (Å²) in [7, 11) is 0. The van der Waals surface area contributed by atoms with Gasteiger partial charge in [0.1, 0.15) is 0 Å². The first-order valence-corrected chi connectivity index (χ1v) is 12.0. The monoisotopic (exact) mass is 506 g/mol. The lowest BCUT2D eigenvalue weighted by Gasteiger charge is -2.28. The second kappa shape index (κ2) is 9.43. The van der Waals surface area contributed by atoms with Crippen LogP contribution in [0.5, 0.6) is 0 Å². The van der Waals surface area contributed by atoms with Crippen LogP contribution in [0.25, 0.3) is 5.69 Å². The van der Waals surface area contributed by atoms with Crippen molar-refractivity contribution in [2.75, 3.05) is 0 Å². The van der Waals surface area contributed by atoms with Crippen molar-refractivity contribution in [2.45, 2.75) is 38.7 Å². The number of alkyl halides is 3. The minimum Gasteiger partial charge on any atom is -0.352 e. The quantitative estimate of drug-likeness (QED) is 0.306. The summed E-state index contributed by atoms with van der Waals surface area (Å²) in [6.07, 6.45) is -2.73. The summed E-state index contributed by atoms with van der Waals surface area (Å²) in [6, 6.07) is 22.9. The third kappa shape index (κ3) is 4.37. The number of aromatic nitrogens is 2. The van der Waals surface area contributed by atoms with E-state index in [4.69, 9.17) is 12.2 Å². The predicted molar refractivity (Wildman–Crippen MR) is 138 cm³/mol. The Hall–Kier alpha value is -3.65. The molecule has 0 unspecified atom stereocenters. The zero-order valence-electron chi connectivity index (χ0n) is 19.8. The van der Waals surface area contributed by atoms with Crippen molar-refractivity contribution in [3.05, 3.63) is 119 Å². The van der Waals surface area contributed by atoms with E-state index in [1.807, 2.05) is 68.4 Å². The van der Waals surface area contributed by atoms with Crippen LogP contribution in [-0.4, -0.2) is 19.6 Å². The van der Waals surface area contributed by atoms with Gasteiger partial charge in [0.05, 0.1) is 29.0 Å². The van der Waals surface area contributed by atoms with E-state index < -0.39 is 11.7 Å². The van der Waals surface area contributed by atoms with E-state index in [9.17, 15) is 13.2 Å². The SMILES string of the molecule is Cc1cc([C@@H]2[C@H](c3ccccn3)NC(=S)N2Cc2ccccc2)c(C)n1-c1ccccc1C(F)(F)F. The third-order valence-corrected chi connectivity index (χ3v) is 6.99. The Balaban J connectivity index is 1.65. The maximum absolute atomic E-state index is 13.9. The van der Waals surface area contributed by atoms with Gasteiger partial charge in [-0.15, -0.1) is 0 Å². The molecule has 8 heteroatoms. The van der Waals surface area contributed by atoms with Crippen molar-refractivity contribution in [2.24, 2.45) is 0 Å². The van der Waals surface area contributed by atoms with Crippen LogP contribution in [0, 0.1) is 13.8 Å². The predicted octanol–water partition coefficient (Wildman–Crippen LogP) is 6.68. The van der Waals surface area contributed by atoms with E-state index in [0.717, 1.165) is 34.3 Å². The Labute approximate surface area is 213 Å². The Kier molecular flexibility index (Phi) is 6.30. The molecule has 2 aromatic heterocycles. The molecule has 2 aromatic carbocycles. The van der Waals surface area contributed by atoms with Crippen molar-refractivity contribution >= 4 is 17.3 Å². The number of rotatable bonds is 5. The molecule has 1 fully saturated rings. The van der Waals surface area contributed by atoms with Crippen molar-refractivity contribution in [1.29, 1.82) is 0 Å². The van der Waals surface area contributed by atoms with E-state index in [2.05, 4.69) is 15.2 Å². The molecule has 36 heavy (non-hydrogen) atoms. The van der Waals surface area contributed by atoms with Crippen LogP contribution in [0.4, 0.5) is 13.2 Å². The largest absolute Gasteiger partial charge is 0.418 e. The van der Waals surface area contributed by atoms with Crippen LogP contribution >= 0.6 is 12.2 Å². The number of pyridine rings is 1. The highest BCUT2D eigenvalue weighted by atomic mass is 32.1. The standard InChI is InChI=1S/C28H25F3N4S/c1-18-16-21(19(2)35(18)24-14-7-6-12-22(24)28(29,30)31)26-25(23-13-8-9-15-32-23)33-27(36)34(26)17-20-10-4-3-5-11-20/h3-16,25-26H,17H2,1-2H3,(H,33,36)/t25-,26+/m0/s1. The van der Waals surface area contributed by atoms with Gasteiger partial charge in [-0.2, -0.15) is 13.2 Å². The van der Waals surface area contributed by atoms with Gasteiger partial charge in [-0.25, -0.2) is 0 Å². The highest BCUT2D eigenvalue weighted by Crippen LogP contribution is 2.43. The summed E-state index contributed by atoms with van der Waals surface area (Å²) in [6.45, 7) is 4.26. The molecule has 4 aromatic rings. The number of nitrogens with zero attached hydrogens (tertiary/aromatic N) is 3. The van der Waals surface area contributed by atoms with Gasteiger partial charge in [0.2, 0.25) is 0 Å². The Morgan fingerprint density at radius 1 is 0.944 bits per heavy atom. The maximum Gasteiger partial charge on any atom is 0.418 e. The summed E-state index contributed by atoms with van der Waals surface area (Å²) < 4.78 is 43.4. The highest BCUT2D eigenvalue weighted by molar-refractivity contribution is 7.80. The van der Waals surface area contributed by atoms with Gasteiger partial charge >= 0.3 is 6.18 Å². The van der Waals surface area contributed by atoms with Gasteiger partial charge < -0.3 is 14.8 Å². The molecule has 1 saturated heterocycles. The fraction of sp³-hybridized carbons (Fsp3) is 0.214. The molecular weight excluding hydrogens is 481 g/mol. The van der Waals surface area contributed by atoms with Crippen molar-refractivity contribution in [3.63, 3.8) is 0 Å². The zero-order valence-corrected chi connectivity index (χ0v) is 20.6. The zero-order chi connectivity index (χ0) is 25.4. The van der Waals surface area contributed by atoms with Gasteiger partial charge in [0.15, 0.2) is 5.11 Å². The normalized spacial score (nSPS) is 17.9. The average Bonchev–Trinajstić information content (AvgIpc) is 3.34. The smallest absolute Gasteiger partial charge is 0.352 e. The Morgan fingerprint density at radius 3 is 2.33 bits per heavy atom. The molecule has 0 radical (unpaired) electrons. The van der Waals surface area contributed by atoms with Gasteiger partial charge in [-0.1, -0.05) is 48.5 Å². The number of benzene rings is 2. The van der Waals surface area contributed by atoms with Crippen molar-refractivity contribution in [3.8, 4) is 5.69 Å². The maximum atomic E-state index is 13.9. The third-order valence-electron chi connectivity index (χ3n) is 6.63. The molecule has 3 heterocycles. The first-order valence-electron chi connectivity index (χ1n) is 11.6. The minimum absolute atomic E-state index is 0.115.